The normalized spacial score (nSPS) is 16.8. The first kappa shape index (κ1) is 13.4. The quantitative estimate of drug-likeness (QED) is 0.892. The van der Waals surface area contributed by atoms with Crippen molar-refractivity contribution in [1.29, 1.82) is 0 Å². The zero-order valence-corrected chi connectivity index (χ0v) is 12.7. The van der Waals surface area contributed by atoms with E-state index in [0.717, 1.165) is 19.5 Å². The van der Waals surface area contributed by atoms with Crippen LogP contribution in [0.25, 0.3) is 0 Å². The van der Waals surface area contributed by atoms with E-state index in [1.807, 2.05) is 0 Å². The Morgan fingerprint density at radius 1 is 0.950 bits per heavy atom. The van der Waals surface area contributed by atoms with Crippen LogP contribution in [0, 0.1) is 20.8 Å². The number of benzene rings is 2. The van der Waals surface area contributed by atoms with Gasteiger partial charge < -0.3 is 5.32 Å². The maximum absolute atomic E-state index is 3.47. The minimum Gasteiger partial charge on any atom is -0.315 e. The Hall–Kier alpha value is -1.60. The molecule has 1 saturated heterocycles. The van der Waals surface area contributed by atoms with Gasteiger partial charge in [0.1, 0.15) is 0 Å². The maximum Gasteiger partial charge on any atom is 0.0243 e. The summed E-state index contributed by atoms with van der Waals surface area (Å²) >= 11 is 0. The SMILES string of the molecule is Cc1cccc(C2(Cc3cc(C)ccc3C)CNC2)c1. The van der Waals surface area contributed by atoms with Crippen LogP contribution in [0.1, 0.15) is 27.8 Å². The summed E-state index contributed by atoms with van der Waals surface area (Å²) in [5.41, 5.74) is 7.39. The molecule has 1 heterocycles. The minimum atomic E-state index is 0.282. The zero-order chi connectivity index (χ0) is 14.2. The van der Waals surface area contributed by atoms with Gasteiger partial charge in [-0.3, -0.25) is 0 Å². The van der Waals surface area contributed by atoms with Crippen LogP contribution in [0.2, 0.25) is 0 Å². The minimum absolute atomic E-state index is 0.282. The van der Waals surface area contributed by atoms with E-state index in [4.69, 9.17) is 0 Å². The van der Waals surface area contributed by atoms with Gasteiger partial charge >= 0.3 is 0 Å². The van der Waals surface area contributed by atoms with E-state index in [2.05, 4.69) is 68.6 Å². The third kappa shape index (κ3) is 2.38. The van der Waals surface area contributed by atoms with Crippen LogP contribution in [0.5, 0.6) is 0 Å². The number of hydrogen-bond acceptors (Lipinski definition) is 1. The fourth-order valence-corrected chi connectivity index (χ4v) is 3.19. The third-order valence-corrected chi connectivity index (χ3v) is 4.59. The van der Waals surface area contributed by atoms with Crippen molar-refractivity contribution < 1.29 is 0 Å². The van der Waals surface area contributed by atoms with Crippen molar-refractivity contribution in [2.24, 2.45) is 0 Å². The summed E-state index contributed by atoms with van der Waals surface area (Å²) in [4.78, 5) is 0. The molecule has 104 valence electrons. The molecule has 1 nitrogen and oxygen atoms in total. The number of aryl methyl sites for hydroxylation is 3. The Bertz CT molecular complexity index is 623. The van der Waals surface area contributed by atoms with E-state index >= 15 is 0 Å². The average molecular weight is 265 g/mol. The van der Waals surface area contributed by atoms with Crippen molar-refractivity contribution in [3.8, 4) is 0 Å². The Morgan fingerprint density at radius 3 is 2.35 bits per heavy atom. The molecule has 2 aromatic rings. The van der Waals surface area contributed by atoms with Crippen molar-refractivity contribution in [2.75, 3.05) is 13.1 Å². The molecule has 1 aliphatic heterocycles. The summed E-state index contributed by atoms with van der Waals surface area (Å²) in [5.74, 6) is 0. The summed E-state index contributed by atoms with van der Waals surface area (Å²) in [7, 11) is 0. The van der Waals surface area contributed by atoms with Gasteiger partial charge in [0.15, 0.2) is 0 Å². The van der Waals surface area contributed by atoms with Gasteiger partial charge in [0.05, 0.1) is 0 Å². The summed E-state index contributed by atoms with van der Waals surface area (Å²) < 4.78 is 0. The highest BCUT2D eigenvalue weighted by Crippen LogP contribution is 2.34. The molecule has 0 aromatic heterocycles. The molecule has 0 atom stereocenters. The van der Waals surface area contributed by atoms with Crippen LogP contribution in [0.3, 0.4) is 0 Å². The molecular weight excluding hydrogens is 242 g/mol. The summed E-state index contributed by atoms with van der Waals surface area (Å²) in [6.07, 6.45) is 1.14. The largest absolute Gasteiger partial charge is 0.315 e. The first-order chi connectivity index (χ1) is 9.59. The van der Waals surface area contributed by atoms with E-state index in [0.29, 0.717) is 0 Å². The first-order valence-electron chi connectivity index (χ1n) is 7.43. The Balaban J connectivity index is 1.96. The average Bonchev–Trinajstić information content (AvgIpc) is 2.38. The van der Waals surface area contributed by atoms with Crippen LogP contribution in [-0.4, -0.2) is 13.1 Å². The lowest BCUT2D eigenvalue weighted by atomic mass is 9.70. The van der Waals surface area contributed by atoms with Crippen molar-refractivity contribution in [3.63, 3.8) is 0 Å². The lowest BCUT2D eigenvalue weighted by Gasteiger charge is -2.44. The molecular formula is C19H23N. The highest BCUT2D eigenvalue weighted by Gasteiger charge is 2.38. The van der Waals surface area contributed by atoms with E-state index in [-0.39, 0.29) is 5.41 Å². The Morgan fingerprint density at radius 2 is 1.70 bits per heavy atom. The molecule has 3 rings (SSSR count). The van der Waals surface area contributed by atoms with Crippen molar-refractivity contribution in [2.45, 2.75) is 32.6 Å². The molecule has 0 spiro atoms. The predicted molar refractivity (Wildman–Crippen MR) is 85.3 cm³/mol. The molecule has 1 fully saturated rings. The fourth-order valence-electron chi connectivity index (χ4n) is 3.19. The van der Waals surface area contributed by atoms with Gasteiger partial charge in [0, 0.05) is 18.5 Å². The highest BCUT2D eigenvalue weighted by atomic mass is 15.0. The lowest BCUT2D eigenvalue weighted by molar-refractivity contribution is 0.274. The first-order valence-corrected chi connectivity index (χ1v) is 7.43. The maximum atomic E-state index is 3.47. The predicted octanol–water partition coefficient (Wildman–Crippen LogP) is 3.70. The fraction of sp³-hybridized carbons (Fsp3) is 0.368. The Kier molecular flexibility index (Phi) is 3.39. The van der Waals surface area contributed by atoms with E-state index in [1.54, 1.807) is 0 Å². The van der Waals surface area contributed by atoms with E-state index in [9.17, 15) is 0 Å². The van der Waals surface area contributed by atoms with Crippen LogP contribution in [0.15, 0.2) is 42.5 Å². The molecule has 2 aromatic carbocycles. The van der Waals surface area contributed by atoms with Gasteiger partial charge in [0.25, 0.3) is 0 Å². The third-order valence-electron chi connectivity index (χ3n) is 4.59. The number of hydrogen-bond donors (Lipinski definition) is 1. The molecule has 0 unspecified atom stereocenters. The summed E-state index contributed by atoms with van der Waals surface area (Å²) in [5, 5.41) is 3.47. The smallest absolute Gasteiger partial charge is 0.0243 e. The van der Waals surface area contributed by atoms with Crippen molar-refractivity contribution in [1.82, 2.24) is 5.32 Å². The molecule has 1 aliphatic rings. The number of rotatable bonds is 3. The summed E-state index contributed by atoms with van der Waals surface area (Å²) in [6.45, 7) is 8.76. The van der Waals surface area contributed by atoms with Gasteiger partial charge in [-0.25, -0.2) is 0 Å². The van der Waals surface area contributed by atoms with Crippen LogP contribution in [0.4, 0.5) is 0 Å². The standard InChI is InChI=1S/C19H23N/c1-14-5-4-6-18(10-14)19(12-20-13-19)11-17-9-15(2)7-8-16(17)3/h4-10,20H,11-13H2,1-3H3. The van der Waals surface area contributed by atoms with Crippen LogP contribution >= 0.6 is 0 Å². The second-order valence-electron chi connectivity index (χ2n) is 6.36. The highest BCUT2D eigenvalue weighted by molar-refractivity contribution is 5.39. The van der Waals surface area contributed by atoms with E-state index in [1.165, 1.54) is 27.8 Å². The van der Waals surface area contributed by atoms with Crippen LogP contribution < -0.4 is 5.32 Å². The molecule has 0 saturated carbocycles. The van der Waals surface area contributed by atoms with E-state index < -0.39 is 0 Å². The van der Waals surface area contributed by atoms with Gasteiger partial charge in [-0.2, -0.15) is 0 Å². The molecule has 1 N–H and O–H groups in total. The molecule has 0 amide bonds. The second kappa shape index (κ2) is 5.06. The molecule has 0 bridgehead atoms. The van der Waals surface area contributed by atoms with Gasteiger partial charge in [-0.1, -0.05) is 53.6 Å². The molecule has 20 heavy (non-hydrogen) atoms. The lowest BCUT2D eigenvalue weighted by Crippen LogP contribution is -2.58. The van der Waals surface area contributed by atoms with Gasteiger partial charge in [0.2, 0.25) is 0 Å². The van der Waals surface area contributed by atoms with Gasteiger partial charge in [-0.15, -0.1) is 0 Å². The number of nitrogens with one attached hydrogen (secondary N) is 1. The van der Waals surface area contributed by atoms with Crippen molar-refractivity contribution in [3.05, 3.63) is 70.3 Å². The monoisotopic (exact) mass is 265 g/mol. The van der Waals surface area contributed by atoms with Gasteiger partial charge in [-0.05, 0) is 43.9 Å². The summed E-state index contributed by atoms with van der Waals surface area (Å²) in [6, 6.07) is 15.8. The van der Waals surface area contributed by atoms with Crippen molar-refractivity contribution >= 4 is 0 Å². The topological polar surface area (TPSA) is 12.0 Å². The molecule has 0 aliphatic carbocycles. The second-order valence-corrected chi connectivity index (χ2v) is 6.36. The zero-order valence-electron chi connectivity index (χ0n) is 12.7. The molecule has 0 radical (unpaired) electrons. The van der Waals surface area contributed by atoms with Crippen LogP contribution in [-0.2, 0) is 11.8 Å². The Labute approximate surface area is 122 Å². The molecule has 1 heteroatoms.